The average Bonchev–Trinajstić information content (AvgIpc) is 2.53. The standard InChI is InChI=1S/C7H15NO2S2/c1-2-12(9,10)8-6-7-4-3-5-11-7/h7-8H,2-6H2,1H3. The summed E-state index contributed by atoms with van der Waals surface area (Å²) in [7, 11) is -2.97. The third-order valence-corrected chi connectivity index (χ3v) is 4.70. The summed E-state index contributed by atoms with van der Waals surface area (Å²) in [6, 6.07) is 0. The van der Waals surface area contributed by atoms with Crippen molar-refractivity contribution in [3.63, 3.8) is 0 Å². The minimum atomic E-state index is -2.97. The van der Waals surface area contributed by atoms with Gasteiger partial charge in [-0.05, 0) is 25.5 Å². The van der Waals surface area contributed by atoms with Crippen molar-refractivity contribution < 1.29 is 8.42 Å². The fourth-order valence-corrected chi connectivity index (χ4v) is 3.09. The van der Waals surface area contributed by atoms with E-state index in [9.17, 15) is 8.42 Å². The van der Waals surface area contributed by atoms with Crippen molar-refractivity contribution in [2.45, 2.75) is 25.0 Å². The van der Waals surface area contributed by atoms with Gasteiger partial charge in [-0.15, -0.1) is 0 Å². The Morgan fingerprint density at radius 2 is 2.33 bits per heavy atom. The molecule has 0 saturated carbocycles. The lowest BCUT2D eigenvalue weighted by Gasteiger charge is -2.08. The zero-order valence-corrected chi connectivity index (χ0v) is 8.88. The largest absolute Gasteiger partial charge is 0.214 e. The van der Waals surface area contributed by atoms with Crippen LogP contribution in [0.4, 0.5) is 0 Å². The van der Waals surface area contributed by atoms with E-state index in [2.05, 4.69) is 4.72 Å². The number of hydrogen-bond acceptors (Lipinski definition) is 3. The highest BCUT2D eigenvalue weighted by molar-refractivity contribution is 8.00. The summed E-state index contributed by atoms with van der Waals surface area (Å²) in [5.74, 6) is 1.36. The molecule has 0 radical (unpaired) electrons. The fraction of sp³-hybridized carbons (Fsp3) is 1.00. The summed E-state index contributed by atoms with van der Waals surface area (Å²) in [5, 5.41) is 0.506. The van der Waals surface area contributed by atoms with Crippen LogP contribution in [0.2, 0.25) is 0 Å². The van der Waals surface area contributed by atoms with Crippen molar-refractivity contribution in [3.8, 4) is 0 Å². The molecule has 1 rings (SSSR count). The predicted octanol–water partition coefficient (Wildman–Crippen LogP) is 0.821. The minimum Gasteiger partial charge on any atom is -0.214 e. The maximum absolute atomic E-state index is 11.0. The van der Waals surface area contributed by atoms with Crippen molar-refractivity contribution >= 4 is 21.8 Å². The highest BCUT2D eigenvalue weighted by Crippen LogP contribution is 2.25. The monoisotopic (exact) mass is 209 g/mol. The molecule has 0 aliphatic carbocycles. The SMILES string of the molecule is CCS(=O)(=O)NCC1CCCS1. The molecule has 3 nitrogen and oxygen atoms in total. The van der Waals surface area contributed by atoms with E-state index in [1.54, 1.807) is 6.92 Å². The number of sulfonamides is 1. The number of thioether (sulfide) groups is 1. The first kappa shape index (κ1) is 10.3. The van der Waals surface area contributed by atoms with E-state index in [1.807, 2.05) is 11.8 Å². The highest BCUT2D eigenvalue weighted by Gasteiger charge is 2.17. The second kappa shape index (κ2) is 4.48. The van der Waals surface area contributed by atoms with Crippen LogP contribution >= 0.6 is 11.8 Å². The topological polar surface area (TPSA) is 46.2 Å². The first-order chi connectivity index (χ1) is 5.64. The van der Waals surface area contributed by atoms with E-state index in [-0.39, 0.29) is 5.75 Å². The highest BCUT2D eigenvalue weighted by atomic mass is 32.2. The van der Waals surface area contributed by atoms with Crippen LogP contribution in [0.3, 0.4) is 0 Å². The van der Waals surface area contributed by atoms with E-state index >= 15 is 0 Å². The second-order valence-corrected chi connectivity index (χ2v) is 6.39. The second-order valence-electron chi connectivity index (χ2n) is 2.89. The Labute approximate surface area is 78.4 Å². The molecule has 1 aliphatic heterocycles. The number of nitrogens with one attached hydrogen (secondary N) is 1. The van der Waals surface area contributed by atoms with Crippen LogP contribution in [0.1, 0.15) is 19.8 Å². The molecule has 72 valence electrons. The Bertz CT molecular complexity index is 220. The van der Waals surface area contributed by atoms with Gasteiger partial charge in [0, 0.05) is 11.8 Å². The summed E-state index contributed by atoms with van der Waals surface area (Å²) < 4.78 is 24.7. The number of rotatable bonds is 4. The molecule has 1 atom stereocenters. The maximum Gasteiger partial charge on any atom is 0.211 e. The molecule has 0 spiro atoms. The lowest BCUT2D eigenvalue weighted by Crippen LogP contribution is -2.30. The van der Waals surface area contributed by atoms with Crippen molar-refractivity contribution in [2.75, 3.05) is 18.1 Å². The molecule has 1 N–H and O–H groups in total. The van der Waals surface area contributed by atoms with Crippen LogP contribution < -0.4 is 4.72 Å². The van der Waals surface area contributed by atoms with E-state index < -0.39 is 10.0 Å². The molecular formula is C7H15NO2S2. The molecule has 0 bridgehead atoms. The minimum absolute atomic E-state index is 0.185. The Hall–Kier alpha value is 0.260. The summed E-state index contributed by atoms with van der Waals surface area (Å²) in [4.78, 5) is 0. The van der Waals surface area contributed by atoms with E-state index in [0.29, 0.717) is 11.8 Å². The summed E-state index contributed by atoms with van der Waals surface area (Å²) in [6.45, 7) is 2.27. The van der Waals surface area contributed by atoms with Gasteiger partial charge in [-0.2, -0.15) is 11.8 Å². The molecule has 0 aromatic rings. The fourth-order valence-electron chi connectivity index (χ4n) is 1.13. The van der Waals surface area contributed by atoms with E-state index in [4.69, 9.17) is 0 Å². The van der Waals surface area contributed by atoms with Crippen molar-refractivity contribution in [2.24, 2.45) is 0 Å². The summed E-state index contributed by atoms with van der Waals surface area (Å²) in [5.41, 5.74) is 0. The van der Waals surface area contributed by atoms with Gasteiger partial charge in [0.15, 0.2) is 0 Å². The molecule has 1 fully saturated rings. The van der Waals surface area contributed by atoms with Crippen molar-refractivity contribution in [1.82, 2.24) is 4.72 Å². The molecule has 1 heterocycles. The van der Waals surface area contributed by atoms with Crippen LogP contribution in [0.5, 0.6) is 0 Å². The molecule has 1 aliphatic rings. The third-order valence-electron chi connectivity index (χ3n) is 1.93. The lowest BCUT2D eigenvalue weighted by atomic mass is 10.2. The third kappa shape index (κ3) is 3.33. The van der Waals surface area contributed by atoms with Crippen LogP contribution in [0, 0.1) is 0 Å². The molecule has 0 aromatic carbocycles. The van der Waals surface area contributed by atoms with Gasteiger partial charge in [-0.25, -0.2) is 13.1 Å². The predicted molar refractivity (Wildman–Crippen MR) is 52.9 cm³/mol. The van der Waals surface area contributed by atoms with E-state index in [0.717, 1.165) is 6.42 Å². The van der Waals surface area contributed by atoms with E-state index in [1.165, 1.54) is 12.2 Å². The van der Waals surface area contributed by atoms with Crippen molar-refractivity contribution in [1.29, 1.82) is 0 Å². The Morgan fingerprint density at radius 3 is 2.83 bits per heavy atom. The van der Waals surface area contributed by atoms with Crippen molar-refractivity contribution in [3.05, 3.63) is 0 Å². The Morgan fingerprint density at radius 1 is 1.58 bits per heavy atom. The van der Waals surface area contributed by atoms with Gasteiger partial charge in [0.2, 0.25) is 10.0 Å². The van der Waals surface area contributed by atoms with Gasteiger partial charge in [-0.1, -0.05) is 0 Å². The number of hydrogen-bond donors (Lipinski definition) is 1. The smallest absolute Gasteiger partial charge is 0.211 e. The molecule has 1 unspecified atom stereocenters. The lowest BCUT2D eigenvalue weighted by molar-refractivity contribution is 0.580. The molecule has 0 amide bonds. The normalized spacial score (nSPS) is 24.6. The van der Waals surface area contributed by atoms with Gasteiger partial charge in [0.1, 0.15) is 0 Å². The van der Waals surface area contributed by atoms with Gasteiger partial charge in [-0.3, -0.25) is 0 Å². The van der Waals surface area contributed by atoms with Crippen LogP contribution in [-0.2, 0) is 10.0 Å². The molecular weight excluding hydrogens is 194 g/mol. The molecule has 1 saturated heterocycles. The zero-order valence-electron chi connectivity index (χ0n) is 7.25. The molecule has 12 heavy (non-hydrogen) atoms. The molecule has 0 aromatic heterocycles. The van der Waals surface area contributed by atoms with Gasteiger partial charge < -0.3 is 0 Å². The van der Waals surface area contributed by atoms with Gasteiger partial charge in [0.25, 0.3) is 0 Å². The van der Waals surface area contributed by atoms with Gasteiger partial charge in [0.05, 0.1) is 5.75 Å². The Kier molecular flexibility index (Phi) is 3.86. The zero-order chi connectivity index (χ0) is 9.03. The first-order valence-corrected chi connectivity index (χ1v) is 6.93. The van der Waals surface area contributed by atoms with Crippen LogP contribution in [0.25, 0.3) is 0 Å². The van der Waals surface area contributed by atoms with Crippen LogP contribution in [-0.4, -0.2) is 31.7 Å². The summed E-state index contributed by atoms with van der Waals surface area (Å²) >= 11 is 1.87. The average molecular weight is 209 g/mol. The Balaban J connectivity index is 2.25. The van der Waals surface area contributed by atoms with Crippen LogP contribution in [0.15, 0.2) is 0 Å². The molecule has 5 heteroatoms. The quantitative estimate of drug-likeness (QED) is 0.745. The van der Waals surface area contributed by atoms with Gasteiger partial charge >= 0.3 is 0 Å². The maximum atomic E-state index is 11.0. The first-order valence-electron chi connectivity index (χ1n) is 4.23. The summed E-state index contributed by atoms with van der Waals surface area (Å²) in [6.07, 6.45) is 2.38.